The molecule has 1 aromatic rings. The summed E-state index contributed by atoms with van der Waals surface area (Å²) in [6, 6.07) is 4.92. The van der Waals surface area contributed by atoms with Crippen LogP contribution in [-0.2, 0) is 15.7 Å². The summed E-state index contributed by atoms with van der Waals surface area (Å²) >= 11 is 0. The number of amides is 1. The number of likely N-dealkylation sites (tertiary alicyclic amines) is 1. The van der Waals surface area contributed by atoms with Crippen molar-refractivity contribution in [2.24, 2.45) is 5.41 Å². The van der Waals surface area contributed by atoms with Gasteiger partial charge < -0.3 is 9.64 Å². The standard InChI is InChI=1S/C17H16F3NO2/c1-2-15(22)21-8-7-16(10-21)9-14(23-11-16)12-3-5-13(6-4-12)17(18,19)20/h2-6,9H,1,7-8,10-11H2. The first kappa shape index (κ1) is 15.6. The SMILES string of the molecule is C=CC(=O)N1CCC2(C=C(c3ccc(C(F)(F)F)cc3)OC2)C1. The minimum Gasteiger partial charge on any atom is -0.492 e. The highest BCUT2D eigenvalue weighted by atomic mass is 19.4. The largest absolute Gasteiger partial charge is 0.492 e. The number of carbonyl (C=O) groups is 1. The summed E-state index contributed by atoms with van der Waals surface area (Å²) in [6.45, 7) is 5.09. The molecule has 3 rings (SSSR count). The van der Waals surface area contributed by atoms with E-state index in [1.54, 1.807) is 4.90 Å². The highest BCUT2D eigenvalue weighted by Crippen LogP contribution is 2.41. The minimum absolute atomic E-state index is 0.113. The van der Waals surface area contributed by atoms with Crippen LogP contribution in [0.4, 0.5) is 13.2 Å². The monoisotopic (exact) mass is 323 g/mol. The molecule has 0 bridgehead atoms. The van der Waals surface area contributed by atoms with Gasteiger partial charge in [-0.25, -0.2) is 0 Å². The Labute approximate surface area is 132 Å². The Morgan fingerprint density at radius 1 is 1.30 bits per heavy atom. The van der Waals surface area contributed by atoms with Crippen LogP contribution in [0, 0.1) is 5.41 Å². The molecule has 6 heteroatoms. The molecule has 0 radical (unpaired) electrons. The molecule has 1 saturated heterocycles. The molecule has 1 unspecified atom stereocenters. The van der Waals surface area contributed by atoms with Gasteiger partial charge in [0.15, 0.2) is 0 Å². The molecule has 1 atom stereocenters. The van der Waals surface area contributed by atoms with Crippen LogP contribution in [0.2, 0.25) is 0 Å². The van der Waals surface area contributed by atoms with E-state index in [0.717, 1.165) is 18.6 Å². The fourth-order valence-electron chi connectivity index (χ4n) is 3.02. The molecular formula is C17H16F3NO2. The smallest absolute Gasteiger partial charge is 0.416 e. The predicted octanol–water partition coefficient (Wildman–Crippen LogP) is 3.48. The van der Waals surface area contributed by atoms with Crippen LogP contribution in [-0.4, -0.2) is 30.5 Å². The lowest BCUT2D eigenvalue weighted by Crippen LogP contribution is -2.30. The van der Waals surface area contributed by atoms with E-state index in [0.29, 0.717) is 31.0 Å². The number of halogens is 3. The summed E-state index contributed by atoms with van der Waals surface area (Å²) in [5, 5.41) is 0. The highest BCUT2D eigenvalue weighted by molar-refractivity contribution is 5.87. The van der Waals surface area contributed by atoms with Crippen LogP contribution < -0.4 is 0 Å². The lowest BCUT2D eigenvalue weighted by atomic mass is 9.88. The molecule has 1 spiro atoms. The van der Waals surface area contributed by atoms with Gasteiger partial charge >= 0.3 is 6.18 Å². The first-order valence-corrected chi connectivity index (χ1v) is 7.28. The van der Waals surface area contributed by atoms with Crippen molar-refractivity contribution < 1.29 is 22.7 Å². The maximum Gasteiger partial charge on any atom is 0.416 e. The van der Waals surface area contributed by atoms with Crippen molar-refractivity contribution in [2.45, 2.75) is 12.6 Å². The van der Waals surface area contributed by atoms with E-state index in [1.807, 2.05) is 6.08 Å². The molecule has 1 fully saturated rings. The lowest BCUT2D eigenvalue weighted by Gasteiger charge is -2.19. The van der Waals surface area contributed by atoms with Crippen molar-refractivity contribution in [1.29, 1.82) is 0 Å². The molecule has 2 aliphatic heterocycles. The second kappa shape index (κ2) is 5.44. The Morgan fingerprint density at radius 3 is 2.61 bits per heavy atom. The van der Waals surface area contributed by atoms with Crippen molar-refractivity contribution in [2.75, 3.05) is 19.7 Å². The Morgan fingerprint density at radius 2 is 2.00 bits per heavy atom. The number of rotatable bonds is 2. The van der Waals surface area contributed by atoms with Gasteiger partial charge in [0.1, 0.15) is 5.76 Å². The summed E-state index contributed by atoms with van der Waals surface area (Å²) in [5.41, 5.74) is -0.321. The van der Waals surface area contributed by atoms with Gasteiger partial charge in [0, 0.05) is 24.1 Å². The number of nitrogens with zero attached hydrogens (tertiary/aromatic N) is 1. The van der Waals surface area contributed by atoms with E-state index in [2.05, 4.69) is 6.58 Å². The van der Waals surface area contributed by atoms with Crippen molar-refractivity contribution in [3.05, 3.63) is 54.1 Å². The second-order valence-electron chi connectivity index (χ2n) is 5.95. The van der Waals surface area contributed by atoms with E-state index in [4.69, 9.17) is 4.74 Å². The van der Waals surface area contributed by atoms with E-state index in [1.165, 1.54) is 18.2 Å². The van der Waals surface area contributed by atoms with Crippen LogP contribution in [0.25, 0.3) is 5.76 Å². The van der Waals surface area contributed by atoms with Crippen LogP contribution in [0.15, 0.2) is 43.0 Å². The molecule has 0 aromatic heterocycles. The summed E-state index contributed by atoms with van der Waals surface area (Å²) in [4.78, 5) is 13.4. The fraction of sp³-hybridized carbons (Fsp3) is 0.353. The maximum atomic E-state index is 12.6. The third-order valence-corrected chi connectivity index (χ3v) is 4.32. The van der Waals surface area contributed by atoms with Crippen LogP contribution in [0.3, 0.4) is 0 Å². The second-order valence-corrected chi connectivity index (χ2v) is 5.95. The normalized spacial score (nSPS) is 23.8. The minimum atomic E-state index is -4.35. The molecule has 2 heterocycles. The van der Waals surface area contributed by atoms with Gasteiger partial charge in [0.25, 0.3) is 0 Å². The third-order valence-electron chi connectivity index (χ3n) is 4.32. The van der Waals surface area contributed by atoms with Gasteiger partial charge in [-0.15, -0.1) is 0 Å². The highest BCUT2D eigenvalue weighted by Gasteiger charge is 2.42. The summed E-state index contributed by atoms with van der Waals surface area (Å²) in [7, 11) is 0. The first-order valence-electron chi connectivity index (χ1n) is 7.28. The molecule has 0 saturated carbocycles. The zero-order valence-corrected chi connectivity index (χ0v) is 12.4. The van der Waals surface area contributed by atoms with E-state index >= 15 is 0 Å². The Hall–Kier alpha value is -2.24. The fourth-order valence-corrected chi connectivity index (χ4v) is 3.02. The quantitative estimate of drug-likeness (QED) is 0.780. The van der Waals surface area contributed by atoms with E-state index in [9.17, 15) is 18.0 Å². The van der Waals surface area contributed by atoms with E-state index < -0.39 is 11.7 Å². The molecule has 0 aliphatic carbocycles. The van der Waals surface area contributed by atoms with Gasteiger partial charge in [-0.3, -0.25) is 4.79 Å². The molecule has 2 aliphatic rings. The van der Waals surface area contributed by atoms with Crippen LogP contribution in [0.1, 0.15) is 17.5 Å². The van der Waals surface area contributed by atoms with Crippen molar-refractivity contribution in [3.63, 3.8) is 0 Å². The molecule has 122 valence electrons. The Kier molecular flexibility index (Phi) is 3.70. The number of hydrogen-bond donors (Lipinski definition) is 0. The molecule has 1 aromatic carbocycles. The molecule has 0 N–H and O–H groups in total. The first-order chi connectivity index (χ1) is 10.8. The average Bonchev–Trinajstić information content (AvgIpc) is 3.14. The number of hydrogen-bond acceptors (Lipinski definition) is 2. The zero-order valence-electron chi connectivity index (χ0n) is 12.4. The van der Waals surface area contributed by atoms with Gasteiger partial charge in [-0.05, 0) is 30.7 Å². The molecule has 23 heavy (non-hydrogen) atoms. The summed E-state index contributed by atoms with van der Waals surface area (Å²) in [5.74, 6) is 0.463. The van der Waals surface area contributed by atoms with Crippen LogP contribution >= 0.6 is 0 Å². The molecule has 1 amide bonds. The lowest BCUT2D eigenvalue weighted by molar-refractivity contribution is -0.137. The van der Waals surface area contributed by atoms with Gasteiger partial charge in [-0.2, -0.15) is 13.2 Å². The number of carbonyl (C=O) groups excluding carboxylic acids is 1. The van der Waals surface area contributed by atoms with Crippen molar-refractivity contribution in [1.82, 2.24) is 4.90 Å². The summed E-state index contributed by atoms with van der Waals surface area (Å²) < 4.78 is 43.5. The predicted molar refractivity (Wildman–Crippen MR) is 79.2 cm³/mol. The Balaban J connectivity index is 1.78. The van der Waals surface area contributed by atoms with Gasteiger partial charge in [0.05, 0.1) is 12.2 Å². The zero-order chi connectivity index (χ0) is 16.7. The average molecular weight is 323 g/mol. The molecular weight excluding hydrogens is 307 g/mol. The van der Waals surface area contributed by atoms with Gasteiger partial charge in [0.2, 0.25) is 5.91 Å². The summed E-state index contributed by atoms with van der Waals surface area (Å²) in [6.07, 6.45) is -0.348. The van der Waals surface area contributed by atoms with Gasteiger partial charge in [-0.1, -0.05) is 18.7 Å². The number of benzene rings is 1. The van der Waals surface area contributed by atoms with Crippen molar-refractivity contribution >= 4 is 11.7 Å². The topological polar surface area (TPSA) is 29.5 Å². The third kappa shape index (κ3) is 2.98. The Bertz CT molecular complexity index is 663. The van der Waals surface area contributed by atoms with Crippen LogP contribution in [0.5, 0.6) is 0 Å². The maximum absolute atomic E-state index is 12.6. The van der Waals surface area contributed by atoms with E-state index in [-0.39, 0.29) is 11.3 Å². The number of alkyl halides is 3. The van der Waals surface area contributed by atoms with Crippen molar-refractivity contribution in [3.8, 4) is 0 Å². The number of ether oxygens (including phenoxy) is 1. The molecule has 3 nitrogen and oxygen atoms in total.